The molecule has 4 rings (SSSR count). The first-order chi connectivity index (χ1) is 11.7. The lowest BCUT2D eigenvalue weighted by molar-refractivity contribution is -0.0544. The molecule has 7 heteroatoms. The third-order valence-electron chi connectivity index (χ3n) is 4.34. The van der Waals surface area contributed by atoms with Gasteiger partial charge in [-0.05, 0) is 0 Å². The summed E-state index contributed by atoms with van der Waals surface area (Å²) in [5, 5.41) is 18.2. The Morgan fingerprint density at radius 2 is 2.00 bits per heavy atom. The first-order valence-electron chi connectivity index (χ1n) is 8.04. The molecule has 1 aliphatic heterocycles. The Hall–Kier alpha value is -2.51. The second-order valence-electron chi connectivity index (χ2n) is 6.05. The molecule has 0 spiro atoms. The zero-order chi connectivity index (χ0) is 16.4. The number of nitrogens with one attached hydrogen (secondary N) is 1. The van der Waals surface area contributed by atoms with Gasteiger partial charge in [0, 0.05) is 44.2 Å². The van der Waals surface area contributed by atoms with Crippen LogP contribution in [0.3, 0.4) is 0 Å². The Labute approximate surface area is 139 Å². The molecule has 1 fully saturated rings. The lowest BCUT2D eigenvalue weighted by atomic mass is 9.94. The molecule has 2 aromatic heterocycles. The largest absolute Gasteiger partial charge is 0.388 e. The zero-order valence-corrected chi connectivity index (χ0v) is 13.2. The van der Waals surface area contributed by atoms with Gasteiger partial charge in [-0.1, -0.05) is 30.3 Å². The molecule has 0 saturated carbocycles. The first-order valence-corrected chi connectivity index (χ1v) is 8.04. The Morgan fingerprint density at radius 1 is 1.21 bits per heavy atom. The third-order valence-corrected chi connectivity index (χ3v) is 4.34. The predicted octanol–water partition coefficient (Wildman–Crippen LogP) is 1.74. The Bertz CT molecular complexity index is 827. The summed E-state index contributed by atoms with van der Waals surface area (Å²) in [7, 11) is 0. The van der Waals surface area contributed by atoms with Crippen molar-refractivity contribution in [2.45, 2.75) is 18.4 Å². The van der Waals surface area contributed by atoms with Crippen molar-refractivity contribution in [3.63, 3.8) is 0 Å². The van der Waals surface area contributed by atoms with Crippen LogP contribution in [0.5, 0.6) is 0 Å². The summed E-state index contributed by atoms with van der Waals surface area (Å²) in [6.07, 6.45) is 2.72. The molecule has 1 aromatic carbocycles. The fourth-order valence-electron chi connectivity index (χ4n) is 2.88. The van der Waals surface area contributed by atoms with Gasteiger partial charge in [-0.2, -0.15) is 14.6 Å². The fraction of sp³-hybridized carbons (Fsp3) is 0.353. The number of rotatable bonds is 4. The van der Waals surface area contributed by atoms with Crippen LogP contribution >= 0.6 is 0 Å². The highest BCUT2D eigenvalue weighted by Gasteiger charge is 2.29. The minimum atomic E-state index is -0.763. The van der Waals surface area contributed by atoms with Crippen LogP contribution in [0.1, 0.15) is 12.8 Å². The van der Waals surface area contributed by atoms with Gasteiger partial charge >= 0.3 is 0 Å². The van der Waals surface area contributed by atoms with Crippen molar-refractivity contribution in [1.29, 1.82) is 0 Å². The maximum absolute atomic E-state index is 10.6. The minimum absolute atomic E-state index is 0.434. The topological polar surface area (TPSA) is 84.6 Å². The summed E-state index contributed by atoms with van der Waals surface area (Å²) in [6.45, 7) is 1.61. The van der Waals surface area contributed by atoms with Crippen LogP contribution in [0.4, 0.5) is 5.82 Å². The lowest BCUT2D eigenvalue weighted by Crippen LogP contribution is -2.42. The van der Waals surface area contributed by atoms with Crippen molar-refractivity contribution in [1.82, 2.24) is 19.6 Å². The first kappa shape index (κ1) is 15.0. The minimum Gasteiger partial charge on any atom is -0.388 e. The summed E-state index contributed by atoms with van der Waals surface area (Å²) in [5.41, 5.74) is 1.06. The Kier molecular flexibility index (Phi) is 3.87. The van der Waals surface area contributed by atoms with E-state index in [9.17, 15) is 5.11 Å². The normalized spacial score (nSPS) is 17.0. The van der Waals surface area contributed by atoms with Crippen LogP contribution in [-0.2, 0) is 4.74 Å². The van der Waals surface area contributed by atoms with E-state index in [1.807, 2.05) is 36.4 Å². The second kappa shape index (κ2) is 6.18. The number of benzene rings is 1. The predicted molar refractivity (Wildman–Crippen MR) is 89.7 cm³/mol. The van der Waals surface area contributed by atoms with E-state index in [1.54, 1.807) is 4.52 Å². The number of aromatic nitrogens is 4. The third kappa shape index (κ3) is 2.95. The molecule has 0 unspecified atom stereocenters. The van der Waals surface area contributed by atoms with E-state index in [-0.39, 0.29) is 0 Å². The van der Waals surface area contributed by atoms with Crippen molar-refractivity contribution >= 4 is 11.6 Å². The van der Waals surface area contributed by atoms with Gasteiger partial charge in [0.2, 0.25) is 0 Å². The summed E-state index contributed by atoms with van der Waals surface area (Å²) < 4.78 is 6.97. The molecule has 3 aromatic rings. The number of hydrogen-bond donors (Lipinski definition) is 2. The van der Waals surface area contributed by atoms with Gasteiger partial charge in [-0.15, -0.1) is 0 Å². The molecule has 2 N–H and O–H groups in total. The van der Waals surface area contributed by atoms with Gasteiger partial charge in [-0.3, -0.25) is 0 Å². The summed E-state index contributed by atoms with van der Waals surface area (Å²) in [4.78, 5) is 8.74. The average Bonchev–Trinajstić information content (AvgIpc) is 3.10. The molecule has 0 radical (unpaired) electrons. The Morgan fingerprint density at radius 3 is 2.79 bits per heavy atom. The van der Waals surface area contributed by atoms with E-state index in [0.29, 0.717) is 38.4 Å². The number of fused-ring (bicyclic) bond motifs is 1. The second-order valence-corrected chi connectivity index (χ2v) is 6.05. The van der Waals surface area contributed by atoms with E-state index >= 15 is 0 Å². The zero-order valence-electron chi connectivity index (χ0n) is 13.2. The molecule has 7 nitrogen and oxygen atoms in total. The molecule has 0 atom stereocenters. The van der Waals surface area contributed by atoms with Crippen LogP contribution in [0.25, 0.3) is 17.0 Å². The van der Waals surface area contributed by atoms with Crippen molar-refractivity contribution in [3.05, 3.63) is 42.7 Å². The molecule has 24 heavy (non-hydrogen) atoms. The molecule has 0 aliphatic carbocycles. The number of aliphatic hydroxyl groups is 1. The van der Waals surface area contributed by atoms with Gasteiger partial charge in [0.15, 0.2) is 0 Å². The quantitative estimate of drug-likeness (QED) is 0.760. The molecule has 0 bridgehead atoms. The van der Waals surface area contributed by atoms with E-state index < -0.39 is 5.60 Å². The highest BCUT2D eigenvalue weighted by atomic mass is 16.5. The van der Waals surface area contributed by atoms with Crippen molar-refractivity contribution in [2.75, 3.05) is 25.1 Å². The van der Waals surface area contributed by atoms with Crippen LogP contribution in [0.2, 0.25) is 0 Å². The smallest absolute Gasteiger partial charge is 0.254 e. The van der Waals surface area contributed by atoms with E-state index in [1.165, 1.54) is 6.33 Å². The van der Waals surface area contributed by atoms with Gasteiger partial charge in [0.25, 0.3) is 5.78 Å². The fourth-order valence-corrected chi connectivity index (χ4v) is 2.88. The van der Waals surface area contributed by atoms with Crippen LogP contribution in [-0.4, -0.2) is 50.0 Å². The van der Waals surface area contributed by atoms with Gasteiger partial charge in [-0.25, -0.2) is 4.98 Å². The number of hydrogen-bond acceptors (Lipinski definition) is 6. The maximum atomic E-state index is 10.6. The van der Waals surface area contributed by atoms with Gasteiger partial charge in [0.05, 0.1) is 11.3 Å². The molecular formula is C17H19N5O2. The lowest BCUT2D eigenvalue weighted by Gasteiger charge is -2.32. The average molecular weight is 325 g/mol. The van der Waals surface area contributed by atoms with Crippen molar-refractivity contribution in [2.24, 2.45) is 0 Å². The Balaban J connectivity index is 1.65. The molecular weight excluding hydrogens is 306 g/mol. The monoisotopic (exact) mass is 325 g/mol. The molecule has 124 valence electrons. The maximum Gasteiger partial charge on any atom is 0.254 e. The highest BCUT2D eigenvalue weighted by Crippen LogP contribution is 2.24. The molecule has 1 saturated heterocycles. The summed E-state index contributed by atoms with van der Waals surface area (Å²) >= 11 is 0. The van der Waals surface area contributed by atoms with Crippen molar-refractivity contribution in [3.8, 4) is 11.3 Å². The SMILES string of the molecule is OC1(CNc2cc(-c3ccccc3)nc3ncnn23)CCOCC1. The molecule has 1 aliphatic rings. The van der Waals surface area contributed by atoms with Crippen LogP contribution in [0, 0.1) is 0 Å². The van der Waals surface area contributed by atoms with E-state index in [4.69, 9.17) is 4.74 Å². The highest BCUT2D eigenvalue weighted by molar-refractivity contribution is 5.65. The number of nitrogens with zero attached hydrogens (tertiary/aromatic N) is 4. The van der Waals surface area contributed by atoms with Gasteiger partial charge < -0.3 is 15.2 Å². The molecule has 0 amide bonds. The van der Waals surface area contributed by atoms with Crippen LogP contribution in [0.15, 0.2) is 42.7 Å². The molecule has 3 heterocycles. The summed E-state index contributed by atoms with van der Waals surface area (Å²) in [6, 6.07) is 11.9. The standard InChI is InChI=1S/C17H19N5O2/c23-17(6-8-24-9-7-17)11-18-15-10-14(13-4-2-1-3-5-13)21-16-19-12-20-22(15)16/h1-5,10,12,18,23H,6-9,11H2. The van der Waals surface area contributed by atoms with E-state index in [0.717, 1.165) is 17.1 Å². The van der Waals surface area contributed by atoms with Gasteiger partial charge in [0.1, 0.15) is 12.1 Å². The van der Waals surface area contributed by atoms with Crippen molar-refractivity contribution < 1.29 is 9.84 Å². The van der Waals surface area contributed by atoms with E-state index in [2.05, 4.69) is 20.4 Å². The number of anilines is 1. The number of ether oxygens (including phenoxy) is 1. The summed E-state index contributed by atoms with van der Waals surface area (Å²) in [5.74, 6) is 1.29. The van der Waals surface area contributed by atoms with Crippen LogP contribution < -0.4 is 5.32 Å².